The Hall–Kier alpha value is -4.08. The molecule has 0 heterocycles. The summed E-state index contributed by atoms with van der Waals surface area (Å²) >= 11 is 0. The minimum Gasteiger partial charge on any atom is -0.480 e. The molecule has 0 aromatic heterocycles. The van der Waals surface area contributed by atoms with Gasteiger partial charge in [0.25, 0.3) is 0 Å². The third kappa shape index (κ3) is 5.84. The fourth-order valence-corrected chi connectivity index (χ4v) is 3.49. The molecule has 0 spiro atoms. The molecular weight excluding hydrogens is 508 g/mol. The van der Waals surface area contributed by atoms with Crippen LogP contribution in [0.1, 0.15) is 5.56 Å². The highest BCUT2D eigenvalue weighted by atomic mass is 19.3. The van der Waals surface area contributed by atoms with Gasteiger partial charge in [-0.15, -0.1) is 0 Å². The van der Waals surface area contributed by atoms with Gasteiger partial charge in [-0.1, -0.05) is 35.9 Å². The van der Waals surface area contributed by atoms with Crippen molar-refractivity contribution in [3.63, 3.8) is 0 Å². The number of aryl methyl sites for hydroxylation is 1. The maximum atomic E-state index is 14.8. The van der Waals surface area contributed by atoms with Crippen molar-refractivity contribution in [2.75, 3.05) is 6.61 Å². The van der Waals surface area contributed by atoms with Gasteiger partial charge >= 0.3 is 6.11 Å². The Bertz CT molecular complexity index is 1410. The summed E-state index contributed by atoms with van der Waals surface area (Å²) in [6.07, 6.45) is -4.20. The molecule has 4 aromatic rings. The summed E-state index contributed by atoms with van der Waals surface area (Å²) in [5.74, 6) is -10.3. The SMILES string of the molecule is Cc1ccc(-c2cc(F)c(-c3ccc(OCC(F)(F)Oc4cc(F)c(F)c(F)c4)c(F)c3)c(F)c2)cc1. The van der Waals surface area contributed by atoms with Crippen LogP contribution in [-0.4, -0.2) is 12.7 Å². The molecule has 37 heavy (non-hydrogen) atoms. The Morgan fingerprint density at radius 2 is 1.16 bits per heavy atom. The third-order valence-corrected chi connectivity index (χ3v) is 5.27. The molecule has 0 saturated carbocycles. The fourth-order valence-electron chi connectivity index (χ4n) is 3.49. The first-order valence-corrected chi connectivity index (χ1v) is 10.6. The van der Waals surface area contributed by atoms with Crippen molar-refractivity contribution in [1.82, 2.24) is 0 Å². The van der Waals surface area contributed by atoms with E-state index in [4.69, 9.17) is 4.74 Å². The van der Waals surface area contributed by atoms with Gasteiger partial charge in [-0.3, -0.25) is 0 Å². The average molecular weight is 524 g/mol. The lowest BCUT2D eigenvalue weighted by molar-refractivity contribution is -0.196. The second-order valence-electron chi connectivity index (χ2n) is 8.06. The number of hydrogen-bond acceptors (Lipinski definition) is 2. The molecule has 0 bridgehead atoms. The number of ether oxygens (including phenoxy) is 2. The molecule has 0 fully saturated rings. The van der Waals surface area contributed by atoms with E-state index in [1.54, 1.807) is 24.3 Å². The first-order valence-electron chi connectivity index (χ1n) is 10.6. The fraction of sp³-hybridized carbons (Fsp3) is 0.111. The van der Waals surface area contributed by atoms with Crippen molar-refractivity contribution in [2.45, 2.75) is 13.0 Å². The summed E-state index contributed by atoms with van der Waals surface area (Å²) in [7, 11) is 0. The predicted molar refractivity (Wildman–Crippen MR) is 119 cm³/mol. The maximum Gasteiger partial charge on any atom is 0.433 e. The van der Waals surface area contributed by atoms with Gasteiger partial charge in [0.15, 0.2) is 35.6 Å². The topological polar surface area (TPSA) is 18.5 Å². The molecule has 4 rings (SSSR count). The zero-order valence-corrected chi connectivity index (χ0v) is 18.9. The molecule has 0 radical (unpaired) electrons. The van der Waals surface area contributed by atoms with Crippen molar-refractivity contribution in [3.8, 4) is 33.8 Å². The van der Waals surface area contributed by atoms with E-state index in [9.17, 15) is 35.1 Å². The van der Waals surface area contributed by atoms with E-state index >= 15 is 0 Å². The molecule has 0 atom stereocenters. The molecule has 0 aliphatic carbocycles. The second-order valence-corrected chi connectivity index (χ2v) is 8.06. The Morgan fingerprint density at radius 1 is 0.622 bits per heavy atom. The monoisotopic (exact) mass is 524 g/mol. The minimum atomic E-state index is -4.20. The van der Waals surface area contributed by atoms with Crippen molar-refractivity contribution in [3.05, 3.63) is 107 Å². The van der Waals surface area contributed by atoms with Crippen LogP contribution in [-0.2, 0) is 0 Å². The second kappa shape index (κ2) is 10.1. The number of benzene rings is 4. The zero-order chi connectivity index (χ0) is 26.9. The van der Waals surface area contributed by atoms with E-state index in [1.165, 1.54) is 0 Å². The van der Waals surface area contributed by atoms with Crippen LogP contribution < -0.4 is 9.47 Å². The van der Waals surface area contributed by atoms with Gasteiger partial charge < -0.3 is 9.47 Å². The standard InChI is InChI=1S/C27H16F8O2/c1-14-2-4-15(5-3-14)17-9-20(29)25(21(30)10-17)16-6-7-24(19(28)8-16)36-13-27(34,35)37-18-11-22(31)26(33)23(32)12-18/h2-12H,13H2,1H3. The molecule has 0 unspecified atom stereocenters. The summed E-state index contributed by atoms with van der Waals surface area (Å²) in [6.45, 7) is 0.260. The first-order chi connectivity index (χ1) is 17.4. The number of rotatable bonds is 7. The van der Waals surface area contributed by atoms with Gasteiger partial charge in [0.1, 0.15) is 17.4 Å². The molecule has 0 N–H and O–H groups in total. The molecule has 192 valence electrons. The van der Waals surface area contributed by atoms with Gasteiger partial charge in [0, 0.05) is 12.1 Å². The van der Waals surface area contributed by atoms with Gasteiger partial charge in [-0.25, -0.2) is 26.3 Å². The van der Waals surface area contributed by atoms with Gasteiger partial charge in [0.05, 0.1) is 5.56 Å². The van der Waals surface area contributed by atoms with Crippen molar-refractivity contribution < 1.29 is 44.6 Å². The smallest absolute Gasteiger partial charge is 0.433 e. The average Bonchev–Trinajstić information content (AvgIpc) is 2.81. The first kappa shape index (κ1) is 26.0. The molecule has 0 amide bonds. The van der Waals surface area contributed by atoms with Crippen LogP contribution in [0.15, 0.2) is 66.7 Å². The Balaban J connectivity index is 1.50. The molecule has 0 saturated heterocycles. The van der Waals surface area contributed by atoms with Crippen LogP contribution in [0.5, 0.6) is 11.5 Å². The number of alkyl halides is 2. The Labute approximate surface area is 205 Å². The normalized spacial score (nSPS) is 11.5. The maximum absolute atomic E-state index is 14.8. The number of hydrogen-bond donors (Lipinski definition) is 0. The van der Waals surface area contributed by atoms with Crippen LogP contribution in [0.4, 0.5) is 35.1 Å². The largest absolute Gasteiger partial charge is 0.480 e. The lowest BCUT2D eigenvalue weighted by Gasteiger charge is -2.19. The van der Waals surface area contributed by atoms with E-state index in [2.05, 4.69) is 4.74 Å². The molecule has 0 aliphatic rings. The van der Waals surface area contributed by atoms with Crippen LogP contribution >= 0.6 is 0 Å². The lowest BCUT2D eigenvalue weighted by atomic mass is 9.98. The molecule has 0 aliphatic heterocycles. The summed E-state index contributed by atoms with van der Waals surface area (Å²) in [6, 6.07) is 12.2. The minimum absolute atomic E-state index is 0.203. The number of halogens is 8. The lowest BCUT2D eigenvalue weighted by Crippen LogP contribution is -2.32. The van der Waals surface area contributed by atoms with E-state index in [0.29, 0.717) is 11.6 Å². The summed E-state index contributed by atoms with van der Waals surface area (Å²) in [5.41, 5.74) is 1.05. The van der Waals surface area contributed by atoms with Crippen LogP contribution in [0.2, 0.25) is 0 Å². The van der Waals surface area contributed by atoms with E-state index in [0.717, 1.165) is 29.8 Å². The van der Waals surface area contributed by atoms with Crippen molar-refractivity contribution in [2.24, 2.45) is 0 Å². The van der Waals surface area contributed by atoms with E-state index in [1.807, 2.05) is 6.92 Å². The van der Waals surface area contributed by atoms with Gasteiger partial charge in [-0.2, -0.15) is 8.78 Å². The van der Waals surface area contributed by atoms with Gasteiger partial charge in [0.2, 0.25) is 0 Å². The van der Waals surface area contributed by atoms with Crippen LogP contribution in [0.25, 0.3) is 22.3 Å². The molecular formula is C27H16F8O2. The van der Waals surface area contributed by atoms with Crippen LogP contribution in [0.3, 0.4) is 0 Å². The molecule has 10 heteroatoms. The highest BCUT2D eigenvalue weighted by Crippen LogP contribution is 2.34. The van der Waals surface area contributed by atoms with E-state index < -0.39 is 64.7 Å². The molecule has 4 aromatic carbocycles. The van der Waals surface area contributed by atoms with Crippen molar-refractivity contribution >= 4 is 0 Å². The summed E-state index contributed by atoms with van der Waals surface area (Å²) in [4.78, 5) is 0. The summed E-state index contributed by atoms with van der Waals surface area (Å²) < 4.78 is 120. The molecule has 2 nitrogen and oxygen atoms in total. The third-order valence-electron chi connectivity index (χ3n) is 5.27. The highest BCUT2D eigenvalue weighted by Gasteiger charge is 2.34. The highest BCUT2D eigenvalue weighted by molar-refractivity contribution is 5.72. The van der Waals surface area contributed by atoms with Crippen LogP contribution in [0, 0.1) is 41.8 Å². The van der Waals surface area contributed by atoms with Gasteiger partial charge in [-0.05, 0) is 47.9 Å². The summed E-state index contributed by atoms with van der Waals surface area (Å²) in [5, 5.41) is 0. The predicted octanol–water partition coefficient (Wildman–Crippen LogP) is 8.21. The van der Waals surface area contributed by atoms with Crippen molar-refractivity contribution in [1.29, 1.82) is 0 Å². The Kier molecular flexibility index (Phi) is 7.11. The Morgan fingerprint density at radius 3 is 1.73 bits per heavy atom. The van der Waals surface area contributed by atoms with E-state index in [-0.39, 0.29) is 23.3 Å². The zero-order valence-electron chi connectivity index (χ0n) is 18.9. The quantitative estimate of drug-likeness (QED) is 0.179.